The summed E-state index contributed by atoms with van der Waals surface area (Å²) in [7, 11) is 0. The summed E-state index contributed by atoms with van der Waals surface area (Å²) in [5.74, 6) is 0. The quantitative estimate of drug-likeness (QED) is 0.338. The zero-order valence-corrected chi connectivity index (χ0v) is 16.1. The van der Waals surface area contributed by atoms with Crippen molar-refractivity contribution in [2.45, 2.75) is 13.8 Å². The van der Waals surface area contributed by atoms with Gasteiger partial charge in [0.2, 0.25) is 0 Å². The molecule has 4 heteroatoms. The van der Waals surface area contributed by atoms with Crippen LogP contribution in [0.25, 0.3) is 41.6 Å². The summed E-state index contributed by atoms with van der Waals surface area (Å²) < 4.78 is 2.48. The van der Waals surface area contributed by atoms with Crippen LogP contribution in [0.5, 0.6) is 0 Å². The smallest absolute Gasteiger partial charge is 0.124 e. The van der Waals surface area contributed by atoms with Gasteiger partial charge in [0, 0.05) is 11.1 Å². The van der Waals surface area contributed by atoms with Crippen LogP contribution in [0.15, 0.2) is 60.7 Å². The van der Waals surface area contributed by atoms with Crippen molar-refractivity contribution in [1.82, 2.24) is 9.97 Å². The SMILES string of the molecule is Cc1ccc2nc(-c3ccc(-c4nc5ccc(C)cc5s4)cc3)sc2c1. The van der Waals surface area contributed by atoms with Gasteiger partial charge in [-0.15, -0.1) is 22.7 Å². The normalized spacial score (nSPS) is 11.5. The van der Waals surface area contributed by atoms with Gasteiger partial charge in [0.15, 0.2) is 0 Å². The zero-order chi connectivity index (χ0) is 17.7. The van der Waals surface area contributed by atoms with Gasteiger partial charge in [-0.2, -0.15) is 0 Å². The summed E-state index contributed by atoms with van der Waals surface area (Å²) in [5, 5.41) is 2.13. The van der Waals surface area contributed by atoms with Gasteiger partial charge in [-0.25, -0.2) is 9.97 Å². The Labute approximate surface area is 159 Å². The van der Waals surface area contributed by atoms with Crippen LogP contribution in [0.3, 0.4) is 0 Å². The van der Waals surface area contributed by atoms with Crippen LogP contribution < -0.4 is 0 Å². The van der Waals surface area contributed by atoms with Crippen molar-refractivity contribution in [2.75, 3.05) is 0 Å². The fraction of sp³-hybridized carbons (Fsp3) is 0.0909. The van der Waals surface area contributed by atoms with Crippen LogP contribution in [-0.4, -0.2) is 9.97 Å². The third-order valence-corrected chi connectivity index (χ3v) is 6.60. The Morgan fingerprint density at radius 3 is 1.42 bits per heavy atom. The van der Waals surface area contributed by atoms with Crippen LogP contribution in [0, 0.1) is 13.8 Å². The molecule has 0 spiro atoms. The van der Waals surface area contributed by atoms with Crippen molar-refractivity contribution >= 4 is 43.1 Å². The second-order valence-corrected chi connectivity index (χ2v) is 8.62. The average Bonchev–Trinajstić information content (AvgIpc) is 3.25. The first kappa shape index (κ1) is 15.7. The van der Waals surface area contributed by atoms with Gasteiger partial charge in [-0.3, -0.25) is 0 Å². The Morgan fingerprint density at radius 1 is 0.577 bits per heavy atom. The Kier molecular flexibility index (Phi) is 3.62. The van der Waals surface area contributed by atoms with Crippen molar-refractivity contribution in [3.63, 3.8) is 0 Å². The number of aryl methyl sites for hydroxylation is 2. The number of nitrogens with zero attached hydrogens (tertiary/aromatic N) is 2. The molecule has 0 saturated heterocycles. The lowest BCUT2D eigenvalue weighted by Crippen LogP contribution is -1.79. The van der Waals surface area contributed by atoms with Crippen LogP contribution in [-0.2, 0) is 0 Å². The molecule has 0 aliphatic rings. The highest BCUT2D eigenvalue weighted by Crippen LogP contribution is 2.34. The number of fused-ring (bicyclic) bond motifs is 2. The number of hydrogen-bond acceptors (Lipinski definition) is 4. The maximum Gasteiger partial charge on any atom is 0.124 e. The molecule has 0 unspecified atom stereocenters. The highest BCUT2D eigenvalue weighted by molar-refractivity contribution is 7.22. The molecule has 0 aliphatic heterocycles. The van der Waals surface area contributed by atoms with E-state index in [9.17, 15) is 0 Å². The summed E-state index contributed by atoms with van der Waals surface area (Å²) in [6.45, 7) is 4.24. The van der Waals surface area contributed by atoms with Gasteiger partial charge in [-0.1, -0.05) is 36.4 Å². The number of thiazole rings is 2. The first-order valence-electron chi connectivity index (χ1n) is 8.51. The number of benzene rings is 3. The second-order valence-electron chi connectivity index (χ2n) is 6.56. The fourth-order valence-corrected chi connectivity index (χ4v) is 5.20. The Morgan fingerprint density at radius 2 is 1.00 bits per heavy atom. The molecule has 0 aliphatic carbocycles. The highest BCUT2D eigenvalue weighted by atomic mass is 32.1. The molecule has 0 fully saturated rings. The summed E-state index contributed by atoms with van der Waals surface area (Å²) in [5.41, 5.74) is 7.00. The highest BCUT2D eigenvalue weighted by Gasteiger charge is 2.09. The summed E-state index contributed by atoms with van der Waals surface area (Å²) in [6, 6.07) is 21.4. The molecule has 3 aromatic carbocycles. The lowest BCUT2D eigenvalue weighted by atomic mass is 10.1. The maximum absolute atomic E-state index is 4.78. The van der Waals surface area contributed by atoms with Gasteiger partial charge in [-0.05, 0) is 49.2 Å². The number of aromatic nitrogens is 2. The van der Waals surface area contributed by atoms with Gasteiger partial charge < -0.3 is 0 Å². The molecule has 126 valence electrons. The first-order chi connectivity index (χ1) is 12.7. The summed E-state index contributed by atoms with van der Waals surface area (Å²) in [4.78, 5) is 9.55. The molecule has 2 heterocycles. The van der Waals surface area contributed by atoms with Gasteiger partial charge in [0.05, 0.1) is 20.4 Å². The summed E-state index contributed by atoms with van der Waals surface area (Å²) in [6.07, 6.45) is 0. The molecule has 0 N–H and O–H groups in total. The third-order valence-electron chi connectivity index (χ3n) is 4.47. The predicted molar refractivity (Wildman–Crippen MR) is 113 cm³/mol. The Bertz CT molecular complexity index is 1150. The van der Waals surface area contributed by atoms with E-state index in [4.69, 9.17) is 9.97 Å². The van der Waals surface area contributed by atoms with Crippen LogP contribution in [0.4, 0.5) is 0 Å². The molecule has 26 heavy (non-hydrogen) atoms. The minimum atomic E-state index is 1.07. The molecule has 5 aromatic rings. The molecular weight excluding hydrogens is 356 g/mol. The van der Waals surface area contributed by atoms with Crippen LogP contribution in [0.1, 0.15) is 11.1 Å². The van der Waals surface area contributed by atoms with Crippen molar-refractivity contribution < 1.29 is 0 Å². The minimum Gasteiger partial charge on any atom is -0.236 e. The first-order valence-corrected chi connectivity index (χ1v) is 10.1. The van der Waals surface area contributed by atoms with E-state index in [1.54, 1.807) is 22.7 Å². The van der Waals surface area contributed by atoms with Gasteiger partial charge >= 0.3 is 0 Å². The maximum atomic E-state index is 4.78. The van der Waals surface area contributed by atoms with Crippen molar-refractivity contribution in [3.05, 3.63) is 71.8 Å². The van der Waals surface area contributed by atoms with Crippen molar-refractivity contribution in [2.24, 2.45) is 0 Å². The van der Waals surface area contributed by atoms with E-state index in [1.165, 1.54) is 20.5 Å². The number of hydrogen-bond donors (Lipinski definition) is 0. The monoisotopic (exact) mass is 372 g/mol. The molecule has 2 nitrogen and oxygen atoms in total. The molecule has 0 amide bonds. The molecule has 0 radical (unpaired) electrons. The molecule has 2 aromatic heterocycles. The van der Waals surface area contributed by atoms with Gasteiger partial charge in [0.1, 0.15) is 10.0 Å². The topological polar surface area (TPSA) is 25.8 Å². The lowest BCUT2D eigenvalue weighted by molar-refractivity contribution is 1.44. The molecule has 0 bridgehead atoms. The Balaban J connectivity index is 1.52. The fourth-order valence-electron chi connectivity index (χ4n) is 3.07. The largest absolute Gasteiger partial charge is 0.236 e. The molecular formula is C22H16N2S2. The minimum absolute atomic E-state index is 1.07. The van der Waals surface area contributed by atoms with E-state index in [0.29, 0.717) is 0 Å². The lowest BCUT2D eigenvalue weighted by Gasteiger charge is -1.98. The van der Waals surface area contributed by atoms with Crippen molar-refractivity contribution in [3.8, 4) is 21.1 Å². The van der Waals surface area contributed by atoms with E-state index in [0.717, 1.165) is 32.2 Å². The zero-order valence-electron chi connectivity index (χ0n) is 14.5. The summed E-state index contributed by atoms with van der Waals surface area (Å²) >= 11 is 3.49. The van der Waals surface area contributed by atoms with Crippen LogP contribution in [0.2, 0.25) is 0 Å². The van der Waals surface area contributed by atoms with E-state index in [2.05, 4.69) is 74.5 Å². The molecule has 5 rings (SSSR count). The Hall–Kier alpha value is -2.56. The second kappa shape index (κ2) is 6.01. The van der Waals surface area contributed by atoms with Crippen LogP contribution >= 0.6 is 22.7 Å². The standard InChI is InChI=1S/C22H16N2S2/c1-13-3-9-17-19(11-13)25-21(23-17)15-5-7-16(8-6-15)22-24-18-10-4-14(2)12-20(18)26-22/h3-12H,1-2H3. The van der Waals surface area contributed by atoms with E-state index in [-0.39, 0.29) is 0 Å². The molecule has 0 saturated carbocycles. The van der Waals surface area contributed by atoms with E-state index < -0.39 is 0 Å². The molecule has 0 atom stereocenters. The van der Waals surface area contributed by atoms with E-state index >= 15 is 0 Å². The van der Waals surface area contributed by atoms with E-state index in [1.807, 2.05) is 0 Å². The van der Waals surface area contributed by atoms with Gasteiger partial charge in [0.25, 0.3) is 0 Å². The average molecular weight is 373 g/mol. The number of rotatable bonds is 2. The predicted octanol–water partition coefficient (Wildman–Crippen LogP) is 6.86. The van der Waals surface area contributed by atoms with Crippen molar-refractivity contribution in [1.29, 1.82) is 0 Å². The third kappa shape index (κ3) is 2.71.